The van der Waals surface area contributed by atoms with Crippen LogP contribution in [-0.4, -0.2) is 58.1 Å². The van der Waals surface area contributed by atoms with Gasteiger partial charge in [-0.25, -0.2) is 0 Å². The molecule has 1 fully saturated rings. The first kappa shape index (κ1) is 15.7. The molecule has 0 spiro atoms. The highest BCUT2D eigenvalue weighted by molar-refractivity contribution is 6.31. The van der Waals surface area contributed by atoms with Crippen LogP contribution in [0.2, 0.25) is 5.02 Å². The molecule has 0 aromatic heterocycles. The highest BCUT2D eigenvalue weighted by Crippen LogP contribution is 2.32. The summed E-state index contributed by atoms with van der Waals surface area (Å²) >= 11 is 6.06. The van der Waals surface area contributed by atoms with Crippen LogP contribution in [0, 0.1) is 0 Å². The van der Waals surface area contributed by atoms with E-state index in [0.29, 0.717) is 10.6 Å². The standard InChI is InChI=1S/C13H17ClO6/c14-8-4-2-1-3-7(8)13-19-9(5-15)11(17)12(18)10(6-16)20-13/h1-4,9-13,15-18H,5-6H2/t9-,10+,11-,12-,13?/m1/s1. The maximum absolute atomic E-state index is 9.89. The first-order valence-corrected chi connectivity index (χ1v) is 6.59. The minimum Gasteiger partial charge on any atom is -0.394 e. The molecular formula is C13H17ClO6. The van der Waals surface area contributed by atoms with Gasteiger partial charge in [0.1, 0.15) is 24.4 Å². The molecule has 0 saturated carbocycles. The number of halogens is 1. The van der Waals surface area contributed by atoms with Crippen molar-refractivity contribution in [2.45, 2.75) is 30.7 Å². The lowest BCUT2D eigenvalue weighted by Gasteiger charge is -2.23. The van der Waals surface area contributed by atoms with E-state index in [2.05, 4.69) is 0 Å². The molecule has 1 heterocycles. The zero-order valence-electron chi connectivity index (χ0n) is 10.6. The normalized spacial score (nSPS) is 34.8. The first-order valence-electron chi connectivity index (χ1n) is 6.21. The Morgan fingerprint density at radius 2 is 1.45 bits per heavy atom. The van der Waals surface area contributed by atoms with E-state index in [9.17, 15) is 20.4 Å². The summed E-state index contributed by atoms with van der Waals surface area (Å²) in [6.45, 7) is -0.999. The maximum atomic E-state index is 9.89. The Labute approximate surface area is 121 Å². The summed E-state index contributed by atoms with van der Waals surface area (Å²) in [6, 6.07) is 6.77. The number of hydrogen-bond donors (Lipinski definition) is 4. The van der Waals surface area contributed by atoms with Crippen LogP contribution >= 0.6 is 11.6 Å². The van der Waals surface area contributed by atoms with Crippen LogP contribution in [0.3, 0.4) is 0 Å². The average Bonchev–Trinajstić information content (AvgIpc) is 2.58. The molecule has 0 amide bonds. The van der Waals surface area contributed by atoms with Gasteiger partial charge in [-0.2, -0.15) is 0 Å². The zero-order chi connectivity index (χ0) is 14.7. The fourth-order valence-corrected chi connectivity index (χ4v) is 2.29. The van der Waals surface area contributed by atoms with Gasteiger partial charge in [-0.3, -0.25) is 0 Å². The molecule has 1 saturated heterocycles. The third-order valence-corrected chi connectivity index (χ3v) is 3.57. The van der Waals surface area contributed by atoms with E-state index in [-0.39, 0.29) is 0 Å². The third-order valence-electron chi connectivity index (χ3n) is 3.23. The van der Waals surface area contributed by atoms with Gasteiger partial charge in [0.15, 0.2) is 6.29 Å². The SMILES string of the molecule is OC[C@@H]1OC(c2ccccc2Cl)O[C@H](CO)[C@@H](O)[C@@H]1O. The molecule has 1 aromatic carbocycles. The highest BCUT2D eigenvalue weighted by atomic mass is 35.5. The topological polar surface area (TPSA) is 99.4 Å². The third kappa shape index (κ3) is 3.12. The predicted molar refractivity (Wildman–Crippen MR) is 70.1 cm³/mol. The van der Waals surface area contributed by atoms with Gasteiger partial charge in [-0.1, -0.05) is 29.8 Å². The van der Waals surface area contributed by atoms with E-state index in [1.807, 2.05) is 0 Å². The van der Waals surface area contributed by atoms with Crippen LogP contribution in [0.4, 0.5) is 0 Å². The fourth-order valence-electron chi connectivity index (χ4n) is 2.07. The molecular weight excluding hydrogens is 288 g/mol. The average molecular weight is 305 g/mol. The van der Waals surface area contributed by atoms with Gasteiger partial charge >= 0.3 is 0 Å². The summed E-state index contributed by atoms with van der Waals surface area (Å²) in [5.74, 6) is 0. The lowest BCUT2D eigenvalue weighted by molar-refractivity contribution is -0.199. The number of ether oxygens (including phenoxy) is 2. The second-order valence-electron chi connectivity index (χ2n) is 4.55. The minimum absolute atomic E-state index is 0.386. The lowest BCUT2D eigenvalue weighted by Crippen LogP contribution is -2.45. The van der Waals surface area contributed by atoms with E-state index in [0.717, 1.165) is 0 Å². The van der Waals surface area contributed by atoms with E-state index in [4.69, 9.17) is 21.1 Å². The Hall–Kier alpha value is -0.730. The van der Waals surface area contributed by atoms with Crippen molar-refractivity contribution in [3.05, 3.63) is 34.9 Å². The minimum atomic E-state index is -1.37. The van der Waals surface area contributed by atoms with Crippen molar-refractivity contribution in [2.75, 3.05) is 13.2 Å². The molecule has 5 atom stereocenters. The van der Waals surface area contributed by atoms with Crippen molar-refractivity contribution in [2.24, 2.45) is 0 Å². The van der Waals surface area contributed by atoms with Gasteiger partial charge in [-0.05, 0) is 6.07 Å². The van der Waals surface area contributed by atoms with Gasteiger partial charge in [-0.15, -0.1) is 0 Å². The number of aliphatic hydroxyl groups excluding tert-OH is 4. The number of aliphatic hydroxyl groups is 4. The number of hydrogen-bond acceptors (Lipinski definition) is 6. The predicted octanol–water partition coefficient (Wildman–Crippen LogP) is -0.171. The summed E-state index contributed by atoms with van der Waals surface area (Å²) in [7, 11) is 0. The monoisotopic (exact) mass is 304 g/mol. The highest BCUT2D eigenvalue weighted by Gasteiger charge is 2.40. The Morgan fingerprint density at radius 1 is 0.950 bits per heavy atom. The summed E-state index contributed by atoms with van der Waals surface area (Å²) in [5.41, 5.74) is 0.493. The summed E-state index contributed by atoms with van der Waals surface area (Å²) in [4.78, 5) is 0. The van der Waals surface area contributed by atoms with Gasteiger partial charge in [0.05, 0.1) is 13.2 Å². The van der Waals surface area contributed by atoms with E-state index >= 15 is 0 Å². The van der Waals surface area contributed by atoms with E-state index < -0.39 is 43.9 Å². The molecule has 7 heteroatoms. The molecule has 1 aliphatic rings. The smallest absolute Gasteiger partial charge is 0.186 e. The number of benzene rings is 1. The molecule has 1 aromatic rings. The van der Waals surface area contributed by atoms with E-state index in [1.54, 1.807) is 24.3 Å². The van der Waals surface area contributed by atoms with Crippen molar-refractivity contribution in [1.29, 1.82) is 0 Å². The van der Waals surface area contributed by atoms with Crippen molar-refractivity contribution < 1.29 is 29.9 Å². The van der Waals surface area contributed by atoms with Gasteiger partial charge < -0.3 is 29.9 Å². The molecule has 2 rings (SSSR count). The molecule has 0 aliphatic carbocycles. The maximum Gasteiger partial charge on any atom is 0.186 e. The molecule has 4 N–H and O–H groups in total. The van der Waals surface area contributed by atoms with Crippen molar-refractivity contribution in [3.63, 3.8) is 0 Å². The quantitative estimate of drug-likeness (QED) is 0.619. The van der Waals surface area contributed by atoms with Crippen LogP contribution in [0.25, 0.3) is 0 Å². The molecule has 1 aliphatic heterocycles. The molecule has 0 bridgehead atoms. The molecule has 1 unspecified atom stereocenters. The van der Waals surface area contributed by atoms with Gasteiger partial charge in [0.2, 0.25) is 0 Å². The van der Waals surface area contributed by atoms with Crippen molar-refractivity contribution in [3.8, 4) is 0 Å². The van der Waals surface area contributed by atoms with Crippen LogP contribution in [-0.2, 0) is 9.47 Å². The second-order valence-corrected chi connectivity index (χ2v) is 4.96. The van der Waals surface area contributed by atoms with E-state index in [1.165, 1.54) is 0 Å². The Balaban J connectivity index is 2.31. The van der Waals surface area contributed by atoms with Gasteiger partial charge in [0.25, 0.3) is 0 Å². The Bertz CT molecular complexity index is 425. The molecule has 112 valence electrons. The Kier molecular flexibility index (Phi) is 5.34. The van der Waals surface area contributed by atoms with Gasteiger partial charge in [0, 0.05) is 10.6 Å². The zero-order valence-corrected chi connectivity index (χ0v) is 11.3. The summed E-state index contributed by atoms with van der Waals surface area (Å²) < 4.78 is 10.9. The molecule has 0 radical (unpaired) electrons. The van der Waals surface area contributed by atoms with Crippen LogP contribution in [0.5, 0.6) is 0 Å². The largest absolute Gasteiger partial charge is 0.394 e. The fraction of sp³-hybridized carbons (Fsp3) is 0.538. The second kappa shape index (κ2) is 6.82. The lowest BCUT2D eigenvalue weighted by atomic mass is 10.0. The Morgan fingerprint density at radius 3 is 1.90 bits per heavy atom. The van der Waals surface area contributed by atoms with Crippen LogP contribution < -0.4 is 0 Å². The molecule has 20 heavy (non-hydrogen) atoms. The summed E-state index contributed by atoms with van der Waals surface area (Å²) in [6.07, 6.45) is -5.82. The number of rotatable bonds is 3. The van der Waals surface area contributed by atoms with Crippen molar-refractivity contribution in [1.82, 2.24) is 0 Å². The van der Waals surface area contributed by atoms with Crippen molar-refractivity contribution >= 4 is 11.6 Å². The van der Waals surface area contributed by atoms with Crippen LogP contribution in [0.15, 0.2) is 24.3 Å². The van der Waals surface area contributed by atoms with Crippen LogP contribution in [0.1, 0.15) is 11.9 Å². The summed E-state index contributed by atoms with van der Waals surface area (Å²) in [5, 5.41) is 38.7. The molecule has 6 nitrogen and oxygen atoms in total. The first-order chi connectivity index (χ1) is 9.58.